The van der Waals surface area contributed by atoms with Gasteiger partial charge in [0.2, 0.25) is 17.6 Å². The summed E-state index contributed by atoms with van der Waals surface area (Å²) in [4.78, 5) is 39.9. The molecular weight excluding hydrogens is 639 g/mol. The molecule has 1 aromatic heterocycles. The third-order valence-electron chi connectivity index (χ3n) is 9.94. The number of nitrogens with one attached hydrogen (secondary N) is 4. The molecule has 0 spiro atoms. The third kappa shape index (κ3) is 8.40. The van der Waals surface area contributed by atoms with Gasteiger partial charge in [-0.15, -0.1) is 10.2 Å². The minimum atomic E-state index is -0.916. The second-order valence-corrected chi connectivity index (χ2v) is 13.5. The van der Waals surface area contributed by atoms with Crippen LogP contribution < -0.4 is 21.7 Å². The molecule has 13 heteroatoms. The van der Waals surface area contributed by atoms with E-state index < -0.39 is 17.8 Å². The molecule has 1 heterocycles. The second kappa shape index (κ2) is 15.7. The molecule has 12 nitrogen and oxygen atoms in total. The molecule has 3 amide bonds. The molecule has 2 aliphatic carbocycles. The summed E-state index contributed by atoms with van der Waals surface area (Å²) in [7, 11) is 0. The number of halogens is 1. The number of benzene rings is 3. The van der Waals surface area contributed by atoms with Gasteiger partial charge in [0.05, 0.1) is 11.7 Å². The van der Waals surface area contributed by atoms with E-state index in [0.717, 1.165) is 41.5 Å². The summed E-state index contributed by atoms with van der Waals surface area (Å²) < 4.78 is 14.9. The van der Waals surface area contributed by atoms with Crippen molar-refractivity contribution < 1.29 is 23.9 Å². The van der Waals surface area contributed by atoms with Crippen LogP contribution in [0.25, 0.3) is 22.5 Å². The minimum absolute atomic E-state index is 0.0172. The molecule has 262 valence electrons. The number of carbonyl (C=O) groups is 3. The fourth-order valence-corrected chi connectivity index (χ4v) is 6.98. The van der Waals surface area contributed by atoms with E-state index in [1.807, 2.05) is 43.3 Å². The van der Waals surface area contributed by atoms with Gasteiger partial charge < -0.3 is 26.8 Å². The Morgan fingerprint density at radius 1 is 0.980 bits per heavy atom. The standard InChI is InChI=1S/C37H43FN8O4/c1-21-16-26(36(49)40-27-11-13-29(47)18-27)10-14-30(21)24-6-2-22(3-7-24)17-33(42-35(48)25-8-4-23(20-39)5-9-25)37(50)41-28-12-15-31(32(38)19-28)34-43-45-46-44-34/h2-3,6-7,10,12,14-16,19,23,25,27,29,33,47H,4-5,8-9,11,13,17-18,20,39H2,1H3,(H,40,49)(H,41,50)(H,42,48)(H,43,44,45,46). The summed E-state index contributed by atoms with van der Waals surface area (Å²) in [5, 5.41) is 31.9. The number of hydrogen-bond donors (Lipinski definition) is 6. The molecular formula is C37H43FN8O4. The number of hydrogen-bond acceptors (Lipinski definition) is 8. The van der Waals surface area contributed by atoms with E-state index in [-0.39, 0.29) is 53.4 Å². The summed E-state index contributed by atoms with van der Waals surface area (Å²) in [5.74, 6) is -1.14. The number of aliphatic hydroxyl groups is 1. The smallest absolute Gasteiger partial charge is 0.251 e. The topological polar surface area (TPSA) is 188 Å². The van der Waals surface area contributed by atoms with E-state index in [4.69, 9.17) is 5.73 Å². The highest BCUT2D eigenvalue weighted by Crippen LogP contribution is 2.29. The maximum absolute atomic E-state index is 14.9. The molecule has 0 radical (unpaired) electrons. The lowest BCUT2D eigenvalue weighted by Gasteiger charge is -2.28. The number of aryl methyl sites for hydroxylation is 1. The molecule has 0 bridgehead atoms. The fourth-order valence-electron chi connectivity index (χ4n) is 6.98. The maximum Gasteiger partial charge on any atom is 0.251 e. The normalized spacial score (nSPS) is 21.0. The molecule has 3 aromatic carbocycles. The monoisotopic (exact) mass is 682 g/mol. The first-order valence-corrected chi connectivity index (χ1v) is 17.2. The Bertz CT molecular complexity index is 1810. The zero-order valence-corrected chi connectivity index (χ0v) is 28.0. The summed E-state index contributed by atoms with van der Waals surface area (Å²) >= 11 is 0. The highest BCUT2D eigenvalue weighted by Gasteiger charge is 2.30. The average Bonchev–Trinajstić information content (AvgIpc) is 3.80. The summed E-state index contributed by atoms with van der Waals surface area (Å²) in [6.07, 6.45) is 5.06. The van der Waals surface area contributed by atoms with Crippen molar-refractivity contribution in [3.63, 3.8) is 0 Å². The number of rotatable bonds is 11. The van der Waals surface area contributed by atoms with Gasteiger partial charge in [-0.25, -0.2) is 4.39 Å². The Balaban J connectivity index is 1.15. The molecule has 3 atom stereocenters. The molecule has 7 N–H and O–H groups in total. The molecule has 3 unspecified atom stereocenters. The van der Waals surface area contributed by atoms with Crippen LogP contribution in [0.5, 0.6) is 0 Å². The average molecular weight is 683 g/mol. The van der Waals surface area contributed by atoms with Crippen LogP contribution in [0.4, 0.5) is 10.1 Å². The SMILES string of the molecule is Cc1cc(C(=O)NC2CCC(O)C2)ccc1-c1ccc(CC(NC(=O)C2CCC(CN)CC2)C(=O)Nc2ccc(-c3nn[nH]n3)c(F)c2)cc1. The highest BCUT2D eigenvalue weighted by atomic mass is 19.1. The molecule has 2 aliphatic rings. The van der Waals surface area contributed by atoms with Gasteiger partial charge in [0.1, 0.15) is 11.9 Å². The lowest BCUT2D eigenvalue weighted by Crippen LogP contribution is -2.48. The lowest BCUT2D eigenvalue weighted by atomic mass is 9.81. The van der Waals surface area contributed by atoms with E-state index in [2.05, 4.69) is 36.6 Å². The minimum Gasteiger partial charge on any atom is -0.393 e. The van der Waals surface area contributed by atoms with Crippen molar-refractivity contribution in [2.24, 2.45) is 17.6 Å². The van der Waals surface area contributed by atoms with Crippen molar-refractivity contribution >= 4 is 23.4 Å². The van der Waals surface area contributed by atoms with Crippen LogP contribution in [-0.2, 0) is 16.0 Å². The predicted molar refractivity (Wildman–Crippen MR) is 186 cm³/mol. The lowest BCUT2D eigenvalue weighted by molar-refractivity contribution is -0.130. The molecule has 2 saturated carbocycles. The van der Waals surface area contributed by atoms with Crippen LogP contribution in [0.3, 0.4) is 0 Å². The highest BCUT2D eigenvalue weighted by molar-refractivity contribution is 5.98. The van der Waals surface area contributed by atoms with Crippen molar-refractivity contribution in [3.05, 3.63) is 83.2 Å². The molecule has 0 aliphatic heterocycles. The van der Waals surface area contributed by atoms with Crippen molar-refractivity contribution in [3.8, 4) is 22.5 Å². The largest absolute Gasteiger partial charge is 0.393 e. The number of anilines is 1. The van der Waals surface area contributed by atoms with Gasteiger partial charge in [-0.05, 0) is 122 Å². The molecule has 4 aromatic rings. The summed E-state index contributed by atoms with van der Waals surface area (Å²) in [6.45, 7) is 2.55. The zero-order valence-electron chi connectivity index (χ0n) is 28.0. The van der Waals surface area contributed by atoms with Crippen LogP contribution >= 0.6 is 0 Å². The van der Waals surface area contributed by atoms with Gasteiger partial charge in [0, 0.05) is 29.6 Å². The Labute approximate surface area is 289 Å². The zero-order chi connectivity index (χ0) is 35.2. The van der Waals surface area contributed by atoms with Crippen LogP contribution in [0.2, 0.25) is 0 Å². The Kier molecular flexibility index (Phi) is 10.9. The second-order valence-electron chi connectivity index (χ2n) is 13.5. The van der Waals surface area contributed by atoms with Gasteiger partial charge in [0.15, 0.2) is 0 Å². The third-order valence-corrected chi connectivity index (χ3v) is 9.94. The maximum atomic E-state index is 14.9. The number of aliphatic hydroxyl groups excluding tert-OH is 1. The Morgan fingerprint density at radius 3 is 2.38 bits per heavy atom. The first kappa shape index (κ1) is 34.8. The number of tetrazole rings is 1. The van der Waals surface area contributed by atoms with Crippen molar-refractivity contribution in [2.45, 2.75) is 76.5 Å². The van der Waals surface area contributed by atoms with Gasteiger partial charge in [-0.3, -0.25) is 14.4 Å². The Hall–Kier alpha value is -5.01. The van der Waals surface area contributed by atoms with E-state index in [1.54, 1.807) is 12.1 Å². The Morgan fingerprint density at radius 2 is 1.74 bits per heavy atom. The van der Waals surface area contributed by atoms with Gasteiger partial charge in [-0.1, -0.05) is 30.3 Å². The first-order valence-electron chi connectivity index (χ1n) is 17.2. The molecule has 0 saturated heterocycles. The quantitative estimate of drug-likeness (QED) is 0.137. The van der Waals surface area contributed by atoms with E-state index in [0.29, 0.717) is 43.7 Å². The van der Waals surface area contributed by atoms with Crippen molar-refractivity contribution in [2.75, 3.05) is 11.9 Å². The van der Waals surface area contributed by atoms with Gasteiger partial charge >= 0.3 is 0 Å². The number of nitrogens with zero attached hydrogens (tertiary/aromatic N) is 3. The molecule has 2 fully saturated rings. The van der Waals surface area contributed by atoms with Crippen molar-refractivity contribution in [1.29, 1.82) is 0 Å². The van der Waals surface area contributed by atoms with Gasteiger partial charge in [-0.2, -0.15) is 5.21 Å². The van der Waals surface area contributed by atoms with Crippen LogP contribution in [0.15, 0.2) is 60.7 Å². The first-order chi connectivity index (χ1) is 24.2. The van der Waals surface area contributed by atoms with Crippen LogP contribution in [0.1, 0.15) is 66.4 Å². The molecule has 50 heavy (non-hydrogen) atoms. The summed E-state index contributed by atoms with van der Waals surface area (Å²) in [6, 6.07) is 16.6. The van der Waals surface area contributed by atoms with E-state index in [1.165, 1.54) is 12.1 Å². The number of H-pyrrole nitrogens is 1. The number of carbonyl (C=O) groups excluding carboxylic acids is 3. The van der Waals surface area contributed by atoms with Crippen molar-refractivity contribution in [1.82, 2.24) is 31.3 Å². The number of aromatic nitrogens is 4. The van der Waals surface area contributed by atoms with E-state index in [9.17, 15) is 23.9 Å². The predicted octanol–water partition coefficient (Wildman–Crippen LogP) is 4.06. The summed E-state index contributed by atoms with van der Waals surface area (Å²) in [5.41, 5.74) is 10.4. The van der Waals surface area contributed by atoms with Crippen LogP contribution in [0, 0.1) is 24.6 Å². The van der Waals surface area contributed by atoms with Gasteiger partial charge in [0.25, 0.3) is 5.91 Å². The number of aromatic amines is 1. The van der Waals surface area contributed by atoms with E-state index >= 15 is 0 Å². The number of nitrogens with two attached hydrogens (primary N) is 1. The fraction of sp³-hybridized carbons (Fsp3) is 0.405. The number of amides is 3. The molecule has 6 rings (SSSR count). The van der Waals surface area contributed by atoms with Crippen LogP contribution in [-0.4, -0.2) is 68.2 Å².